The predicted molar refractivity (Wildman–Crippen MR) is 102 cm³/mol. The average Bonchev–Trinajstić information content (AvgIpc) is 3.17. The van der Waals surface area contributed by atoms with E-state index < -0.39 is 0 Å². The maximum Gasteiger partial charge on any atom is 0.291 e. The van der Waals surface area contributed by atoms with Gasteiger partial charge in [0.2, 0.25) is 4.96 Å². The third kappa shape index (κ3) is 3.08. The second-order valence-electron chi connectivity index (χ2n) is 5.33. The van der Waals surface area contributed by atoms with Crippen molar-refractivity contribution in [1.82, 2.24) is 14.6 Å². The van der Waals surface area contributed by atoms with Gasteiger partial charge in [0.15, 0.2) is 5.82 Å². The molecule has 0 bridgehead atoms. The molecule has 0 saturated carbocycles. The molecule has 5 nitrogen and oxygen atoms in total. The molecule has 0 unspecified atom stereocenters. The van der Waals surface area contributed by atoms with Crippen LogP contribution in [0.15, 0.2) is 57.8 Å². The van der Waals surface area contributed by atoms with Gasteiger partial charge in [0.1, 0.15) is 5.75 Å². The average molecular weight is 414 g/mol. The number of hydrogen-bond donors (Lipinski definition) is 0. The summed E-state index contributed by atoms with van der Waals surface area (Å²) in [7, 11) is 1.62. The van der Waals surface area contributed by atoms with E-state index in [1.807, 2.05) is 54.6 Å². The van der Waals surface area contributed by atoms with Gasteiger partial charge >= 0.3 is 0 Å². The molecule has 0 spiro atoms. The van der Waals surface area contributed by atoms with Gasteiger partial charge in [-0.15, -0.1) is 5.10 Å². The third-order valence-corrected chi connectivity index (χ3v) is 5.19. The Labute approximate surface area is 155 Å². The second-order valence-corrected chi connectivity index (χ2v) is 7.25. The summed E-state index contributed by atoms with van der Waals surface area (Å²) in [5.74, 6) is 1.29. The number of ether oxygens (including phenoxy) is 1. The fourth-order valence-electron chi connectivity index (χ4n) is 2.41. The summed E-state index contributed by atoms with van der Waals surface area (Å²) in [6.45, 7) is 0. The smallest absolute Gasteiger partial charge is 0.291 e. The Bertz CT molecular complexity index is 1150. The van der Waals surface area contributed by atoms with Crippen molar-refractivity contribution in [3.05, 3.63) is 73.5 Å². The highest BCUT2D eigenvalue weighted by molar-refractivity contribution is 9.10. The molecular weight excluding hydrogens is 402 g/mol. The Balaban J connectivity index is 1.76. The second kappa shape index (κ2) is 6.42. The summed E-state index contributed by atoms with van der Waals surface area (Å²) in [5, 5.41) is 4.35. The first kappa shape index (κ1) is 16.0. The maximum atomic E-state index is 12.6. The highest BCUT2D eigenvalue weighted by Crippen LogP contribution is 2.20. The number of halogens is 1. The number of methoxy groups -OCH3 is 1. The van der Waals surface area contributed by atoms with Crippen LogP contribution in [0.25, 0.3) is 22.4 Å². The van der Waals surface area contributed by atoms with Gasteiger partial charge in [-0.05, 0) is 48.0 Å². The van der Waals surface area contributed by atoms with E-state index in [4.69, 9.17) is 4.74 Å². The highest BCUT2D eigenvalue weighted by atomic mass is 79.9. The Kier molecular flexibility index (Phi) is 4.10. The summed E-state index contributed by atoms with van der Waals surface area (Å²) in [6.07, 6.45) is 1.85. The van der Waals surface area contributed by atoms with Crippen LogP contribution in [-0.2, 0) is 0 Å². The van der Waals surface area contributed by atoms with Crippen molar-refractivity contribution in [3.63, 3.8) is 0 Å². The van der Waals surface area contributed by atoms with Crippen LogP contribution in [0.5, 0.6) is 5.75 Å². The summed E-state index contributed by atoms with van der Waals surface area (Å²) in [4.78, 5) is 17.6. The number of fused-ring (bicyclic) bond motifs is 1. The molecule has 124 valence electrons. The van der Waals surface area contributed by atoms with Gasteiger partial charge in [0.25, 0.3) is 5.56 Å². The van der Waals surface area contributed by atoms with Crippen LogP contribution in [0.1, 0.15) is 5.56 Å². The zero-order valence-corrected chi connectivity index (χ0v) is 15.5. The van der Waals surface area contributed by atoms with Crippen molar-refractivity contribution in [2.24, 2.45) is 0 Å². The summed E-state index contributed by atoms with van der Waals surface area (Å²) < 4.78 is 8.11. The van der Waals surface area contributed by atoms with Gasteiger partial charge in [-0.25, -0.2) is 0 Å². The standard InChI is InChI=1S/C18H12BrN3O2S/c1-24-14-8-4-12(5-9-14)16-20-18-22(21-16)17(23)15(25-18)10-11-2-6-13(19)7-3-11/h2-10H,1H3. The minimum absolute atomic E-state index is 0.157. The SMILES string of the molecule is COc1ccc(-c2nc3sc(=Cc4ccc(Br)cc4)c(=O)n3n2)cc1. The molecule has 0 fully saturated rings. The van der Waals surface area contributed by atoms with Gasteiger partial charge in [-0.3, -0.25) is 4.79 Å². The van der Waals surface area contributed by atoms with Crippen molar-refractivity contribution in [2.45, 2.75) is 0 Å². The number of benzene rings is 2. The van der Waals surface area contributed by atoms with Gasteiger partial charge < -0.3 is 4.74 Å². The van der Waals surface area contributed by atoms with E-state index >= 15 is 0 Å². The van der Waals surface area contributed by atoms with Crippen LogP contribution in [0.3, 0.4) is 0 Å². The minimum atomic E-state index is -0.157. The molecule has 0 saturated heterocycles. The molecule has 0 aliphatic heterocycles. The first-order chi connectivity index (χ1) is 12.1. The summed E-state index contributed by atoms with van der Waals surface area (Å²) in [5.41, 5.74) is 1.64. The van der Waals surface area contributed by atoms with Gasteiger partial charge in [0.05, 0.1) is 11.6 Å². The summed E-state index contributed by atoms with van der Waals surface area (Å²) in [6, 6.07) is 15.2. The van der Waals surface area contributed by atoms with Crippen molar-refractivity contribution >= 4 is 38.3 Å². The van der Waals surface area contributed by atoms with E-state index in [1.54, 1.807) is 7.11 Å². The quantitative estimate of drug-likeness (QED) is 0.517. The van der Waals surface area contributed by atoms with Crippen LogP contribution >= 0.6 is 27.3 Å². The molecule has 2 aromatic heterocycles. The number of hydrogen-bond acceptors (Lipinski definition) is 5. The lowest BCUT2D eigenvalue weighted by molar-refractivity contribution is 0.415. The molecule has 4 rings (SSSR count). The Hall–Kier alpha value is -2.51. The Morgan fingerprint density at radius 1 is 1.12 bits per heavy atom. The van der Waals surface area contributed by atoms with E-state index in [-0.39, 0.29) is 5.56 Å². The van der Waals surface area contributed by atoms with E-state index in [0.717, 1.165) is 21.3 Å². The topological polar surface area (TPSA) is 56.5 Å². The van der Waals surface area contributed by atoms with Crippen LogP contribution < -0.4 is 14.8 Å². The molecule has 2 heterocycles. The minimum Gasteiger partial charge on any atom is -0.497 e. The van der Waals surface area contributed by atoms with Gasteiger partial charge in [0, 0.05) is 10.0 Å². The van der Waals surface area contributed by atoms with Crippen molar-refractivity contribution in [2.75, 3.05) is 7.11 Å². The molecule has 4 aromatic rings. The van der Waals surface area contributed by atoms with Gasteiger partial charge in [-0.1, -0.05) is 39.4 Å². The number of thiazole rings is 1. The first-order valence-corrected chi connectivity index (χ1v) is 9.06. The fourth-order valence-corrected chi connectivity index (χ4v) is 3.58. The number of nitrogens with zero attached hydrogens (tertiary/aromatic N) is 3. The number of aromatic nitrogens is 3. The lowest BCUT2D eigenvalue weighted by Crippen LogP contribution is -2.23. The fraction of sp³-hybridized carbons (Fsp3) is 0.0556. The first-order valence-electron chi connectivity index (χ1n) is 7.45. The zero-order chi connectivity index (χ0) is 17.4. The van der Waals surface area contributed by atoms with E-state index in [1.165, 1.54) is 15.9 Å². The van der Waals surface area contributed by atoms with Crippen LogP contribution in [0.4, 0.5) is 0 Å². The summed E-state index contributed by atoms with van der Waals surface area (Å²) >= 11 is 4.73. The van der Waals surface area contributed by atoms with Crippen molar-refractivity contribution < 1.29 is 4.74 Å². The maximum absolute atomic E-state index is 12.6. The molecule has 0 atom stereocenters. The van der Waals surface area contributed by atoms with Crippen LogP contribution in [0, 0.1) is 0 Å². The van der Waals surface area contributed by atoms with E-state index in [0.29, 0.717) is 15.3 Å². The monoisotopic (exact) mass is 413 g/mol. The Morgan fingerprint density at radius 2 is 1.84 bits per heavy atom. The molecular formula is C18H12BrN3O2S. The highest BCUT2D eigenvalue weighted by Gasteiger charge is 2.12. The van der Waals surface area contributed by atoms with Gasteiger partial charge in [-0.2, -0.15) is 9.50 Å². The molecule has 2 aromatic carbocycles. The molecule has 0 amide bonds. The molecule has 0 aliphatic rings. The normalized spacial score (nSPS) is 12.0. The Morgan fingerprint density at radius 3 is 2.48 bits per heavy atom. The number of rotatable bonds is 3. The van der Waals surface area contributed by atoms with E-state index in [2.05, 4.69) is 26.0 Å². The van der Waals surface area contributed by atoms with Crippen LogP contribution in [-0.4, -0.2) is 21.7 Å². The lowest BCUT2D eigenvalue weighted by atomic mass is 10.2. The van der Waals surface area contributed by atoms with Crippen LogP contribution in [0.2, 0.25) is 0 Å². The largest absolute Gasteiger partial charge is 0.497 e. The predicted octanol–water partition coefficient (Wildman–Crippen LogP) is 3.14. The molecule has 25 heavy (non-hydrogen) atoms. The van der Waals surface area contributed by atoms with E-state index in [9.17, 15) is 4.79 Å². The molecule has 7 heteroatoms. The van der Waals surface area contributed by atoms with Crippen molar-refractivity contribution in [1.29, 1.82) is 0 Å². The molecule has 0 N–H and O–H groups in total. The lowest BCUT2D eigenvalue weighted by Gasteiger charge is -1.99. The molecule has 0 radical (unpaired) electrons. The van der Waals surface area contributed by atoms with Crippen molar-refractivity contribution in [3.8, 4) is 17.1 Å². The zero-order valence-electron chi connectivity index (χ0n) is 13.1. The molecule has 0 aliphatic carbocycles. The third-order valence-electron chi connectivity index (χ3n) is 3.70.